The molecule has 0 aliphatic heterocycles. The first-order valence-corrected chi connectivity index (χ1v) is 7.44. The van der Waals surface area contributed by atoms with E-state index in [1.807, 2.05) is 0 Å². The summed E-state index contributed by atoms with van der Waals surface area (Å²) in [4.78, 5) is 21.0. The number of anilines is 2. The quantitative estimate of drug-likeness (QED) is 0.542. The van der Waals surface area contributed by atoms with Gasteiger partial charge < -0.3 is 21.7 Å². The van der Waals surface area contributed by atoms with Gasteiger partial charge in [-0.05, 0) is 46.3 Å². The second-order valence-electron chi connectivity index (χ2n) is 4.20. The van der Waals surface area contributed by atoms with Crippen LogP contribution in [0.1, 0.15) is 20.7 Å². The van der Waals surface area contributed by atoms with E-state index < -0.39 is 11.9 Å². The molecule has 6 N–H and O–H groups in total. The summed E-state index contributed by atoms with van der Waals surface area (Å²) in [5, 5.41) is 18.0. The van der Waals surface area contributed by atoms with Crippen LogP contribution in [-0.4, -0.2) is 22.2 Å². The first kappa shape index (κ1) is 19.1. The van der Waals surface area contributed by atoms with Gasteiger partial charge in [-0.2, -0.15) is 0 Å². The molecule has 6 nitrogen and oxygen atoms in total. The van der Waals surface area contributed by atoms with E-state index in [1.54, 1.807) is 0 Å². The molecule has 23 heavy (non-hydrogen) atoms. The highest BCUT2D eigenvalue weighted by Gasteiger charge is 2.10. The Balaban J connectivity index is 0.000000231. The van der Waals surface area contributed by atoms with Crippen LogP contribution in [0.15, 0.2) is 34.8 Å². The maximum absolute atomic E-state index is 10.5. The summed E-state index contributed by atoms with van der Waals surface area (Å²) in [6.07, 6.45) is 0. The zero-order chi connectivity index (χ0) is 17.7. The predicted molar refractivity (Wildman–Crippen MR) is 93.3 cm³/mol. The summed E-state index contributed by atoms with van der Waals surface area (Å²) in [5.41, 5.74) is 11.2. The molecule has 0 atom stereocenters. The Morgan fingerprint density at radius 1 is 0.913 bits per heavy atom. The van der Waals surface area contributed by atoms with Crippen LogP contribution in [0.4, 0.5) is 11.4 Å². The van der Waals surface area contributed by atoms with E-state index in [0.717, 1.165) is 0 Å². The zero-order valence-electron chi connectivity index (χ0n) is 11.4. The van der Waals surface area contributed by atoms with Gasteiger partial charge in [-0.15, -0.1) is 0 Å². The van der Waals surface area contributed by atoms with E-state index in [9.17, 15) is 9.59 Å². The van der Waals surface area contributed by atoms with E-state index in [0.29, 0.717) is 14.5 Å². The average Bonchev–Trinajstić information content (AvgIpc) is 2.42. The Hall–Kier alpha value is -1.96. The van der Waals surface area contributed by atoms with Crippen LogP contribution in [0.25, 0.3) is 0 Å². The molecule has 2 aromatic carbocycles. The van der Waals surface area contributed by atoms with E-state index in [4.69, 9.17) is 44.9 Å². The van der Waals surface area contributed by atoms with Gasteiger partial charge in [-0.25, -0.2) is 9.59 Å². The number of rotatable bonds is 2. The number of carboxylic acid groups (broad SMARTS) is 2. The second-order valence-corrected chi connectivity index (χ2v) is 5.89. The summed E-state index contributed by atoms with van der Waals surface area (Å²) in [6, 6.07) is 7.04. The van der Waals surface area contributed by atoms with Crippen LogP contribution < -0.4 is 11.5 Å². The van der Waals surface area contributed by atoms with Crippen LogP contribution in [-0.2, 0) is 0 Å². The summed E-state index contributed by atoms with van der Waals surface area (Å²) in [5.74, 6) is -2.11. The molecule has 0 radical (unpaired) electrons. The SMILES string of the molecule is Nc1cc(Cl)c(Br)cc1C(=O)O.Nc1cc(Cl)ccc1C(=O)O. The Kier molecular flexibility index (Phi) is 6.68. The molecule has 0 aliphatic rings. The lowest BCUT2D eigenvalue weighted by atomic mass is 10.2. The third kappa shape index (κ3) is 5.31. The van der Waals surface area contributed by atoms with Gasteiger partial charge in [0.2, 0.25) is 0 Å². The van der Waals surface area contributed by atoms with Gasteiger partial charge in [-0.1, -0.05) is 23.2 Å². The van der Waals surface area contributed by atoms with Gasteiger partial charge in [0.25, 0.3) is 0 Å². The molecule has 0 saturated carbocycles. The van der Waals surface area contributed by atoms with Crippen LogP contribution in [0.5, 0.6) is 0 Å². The van der Waals surface area contributed by atoms with Gasteiger partial charge in [-0.3, -0.25) is 0 Å². The summed E-state index contributed by atoms with van der Waals surface area (Å²) >= 11 is 14.3. The number of benzene rings is 2. The molecule has 0 bridgehead atoms. The van der Waals surface area contributed by atoms with Crippen molar-refractivity contribution in [3.05, 3.63) is 56.0 Å². The van der Waals surface area contributed by atoms with Crippen LogP contribution in [0, 0.1) is 0 Å². The maximum Gasteiger partial charge on any atom is 0.337 e. The molecule has 0 saturated heterocycles. The van der Waals surface area contributed by atoms with E-state index >= 15 is 0 Å². The molecule has 0 aliphatic carbocycles. The van der Waals surface area contributed by atoms with Gasteiger partial charge in [0.05, 0.1) is 16.1 Å². The minimum absolute atomic E-state index is 0.0475. The standard InChI is InChI=1S/C7H5BrClNO2.C7H6ClNO2/c8-4-1-3(7(11)12)6(10)2-5(4)9;8-4-1-2-5(7(10)11)6(9)3-4/h1-2H,10H2,(H,11,12);1-3H,9H2,(H,10,11). The van der Waals surface area contributed by atoms with E-state index in [-0.39, 0.29) is 22.5 Å². The average molecular weight is 422 g/mol. The maximum atomic E-state index is 10.5. The van der Waals surface area contributed by atoms with Crippen molar-refractivity contribution >= 4 is 62.4 Å². The fourth-order valence-electron chi connectivity index (χ4n) is 1.48. The first-order chi connectivity index (χ1) is 10.6. The largest absolute Gasteiger partial charge is 0.478 e. The normalized spacial score (nSPS) is 9.70. The fraction of sp³-hybridized carbons (Fsp3) is 0. The molecule has 2 aromatic rings. The molecule has 0 amide bonds. The fourth-order valence-corrected chi connectivity index (χ4v) is 2.17. The molecule has 0 spiro atoms. The summed E-state index contributed by atoms with van der Waals surface area (Å²) in [7, 11) is 0. The molecule has 122 valence electrons. The number of hydrogen-bond acceptors (Lipinski definition) is 4. The third-order valence-corrected chi connectivity index (χ3v) is 4.00. The summed E-state index contributed by atoms with van der Waals surface area (Å²) in [6.45, 7) is 0. The minimum Gasteiger partial charge on any atom is -0.478 e. The molecule has 0 fully saturated rings. The van der Waals surface area contributed by atoms with E-state index in [2.05, 4.69) is 15.9 Å². The summed E-state index contributed by atoms with van der Waals surface area (Å²) < 4.78 is 0.524. The molecule has 0 unspecified atom stereocenters. The van der Waals surface area contributed by atoms with Crippen LogP contribution in [0.3, 0.4) is 0 Å². The molecular formula is C14H11BrCl2N2O4. The van der Waals surface area contributed by atoms with Crippen LogP contribution >= 0.6 is 39.1 Å². The first-order valence-electron chi connectivity index (χ1n) is 5.89. The number of carboxylic acids is 2. The lowest BCUT2D eigenvalue weighted by Gasteiger charge is -2.02. The van der Waals surface area contributed by atoms with Crippen molar-refractivity contribution in [3.8, 4) is 0 Å². The number of aromatic carboxylic acids is 2. The van der Waals surface area contributed by atoms with Crippen molar-refractivity contribution in [2.45, 2.75) is 0 Å². The second kappa shape index (κ2) is 8.05. The van der Waals surface area contributed by atoms with Gasteiger partial charge in [0.1, 0.15) is 0 Å². The molecule has 9 heteroatoms. The van der Waals surface area contributed by atoms with Gasteiger partial charge in [0, 0.05) is 20.9 Å². The highest BCUT2D eigenvalue weighted by Crippen LogP contribution is 2.27. The number of nitrogens with two attached hydrogens (primary N) is 2. The minimum atomic E-state index is -1.06. The molecule has 2 rings (SSSR count). The highest BCUT2D eigenvalue weighted by atomic mass is 79.9. The van der Waals surface area contributed by atoms with Crippen molar-refractivity contribution in [2.24, 2.45) is 0 Å². The number of nitrogen functional groups attached to an aromatic ring is 2. The zero-order valence-corrected chi connectivity index (χ0v) is 14.5. The van der Waals surface area contributed by atoms with Crippen molar-refractivity contribution in [3.63, 3.8) is 0 Å². The molecular weight excluding hydrogens is 411 g/mol. The van der Waals surface area contributed by atoms with Crippen LogP contribution in [0.2, 0.25) is 10.0 Å². The third-order valence-electron chi connectivity index (χ3n) is 2.57. The number of halogens is 3. The highest BCUT2D eigenvalue weighted by molar-refractivity contribution is 9.10. The lowest BCUT2D eigenvalue weighted by molar-refractivity contribution is 0.0687. The van der Waals surface area contributed by atoms with Gasteiger partial charge >= 0.3 is 11.9 Å². The Bertz CT molecular complexity index is 769. The Morgan fingerprint density at radius 3 is 1.91 bits per heavy atom. The van der Waals surface area contributed by atoms with Crippen molar-refractivity contribution in [1.29, 1.82) is 0 Å². The van der Waals surface area contributed by atoms with Gasteiger partial charge in [0.15, 0.2) is 0 Å². The smallest absolute Gasteiger partial charge is 0.337 e. The topological polar surface area (TPSA) is 127 Å². The Labute approximate surface area is 149 Å². The monoisotopic (exact) mass is 420 g/mol. The van der Waals surface area contributed by atoms with E-state index in [1.165, 1.54) is 30.3 Å². The Morgan fingerprint density at radius 2 is 1.43 bits per heavy atom. The lowest BCUT2D eigenvalue weighted by Crippen LogP contribution is -2.02. The van der Waals surface area contributed by atoms with Crippen molar-refractivity contribution < 1.29 is 19.8 Å². The number of hydrogen-bond donors (Lipinski definition) is 4. The molecule has 0 aromatic heterocycles. The predicted octanol–water partition coefficient (Wildman–Crippen LogP) is 4.00. The van der Waals surface area contributed by atoms with Crippen molar-refractivity contribution in [2.75, 3.05) is 11.5 Å². The number of carbonyl (C=O) groups is 2. The van der Waals surface area contributed by atoms with Crippen molar-refractivity contribution in [1.82, 2.24) is 0 Å². The molecule has 0 heterocycles.